The molecule has 1 fully saturated rings. The van der Waals surface area contributed by atoms with Gasteiger partial charge in [-0.2, -0.15) is 11.8 Å². The molecular formula is C37H48N2O3S. The largest absolute Gasteiger partial charge is 0.480 e. The summed E-state index contributed by atoms with van der Waals surface area (Å²) in [5, 5.41) is 12.5. The number of nitrogens with one attached hydrogen (secondary N) is 1. The second-order valence-corrected chi connectivity index (χ2v) is 13.0. The number of amides is 1. The number of hydrogen-bond donors (Lipinski definition) is 2. The van der Waals surface area contributed by atoms with Gasteiger partial charge in [-0.25, -0.2) is 4.79 Å². The van der Waals surface area contributed by atoms with Gasteiger partial charge in [0.05, 0.1) is 0 Å². The molecule has 1 saturated carbocycles. The van der Waals surface area contributed by atoms with E-state index in [2.05, 4.69) is 47.5 Å². The van der Waals surface area contributed by atoms with E-state index in [0.29, 0.717) is 23.7 Å². The van der Waals surface area contributed by atoms with Crippen LogP contribution in [0.15, 0.2) is 66.7 Å². The Balaban J connectivity index is 1.57. The fourth-order valence-corrected chi connectivity index (χ4v) is 6.63. The van der Waals surface area contributed by atoms with E-state index in [-0.39, 0.29) is 5.91 Å². The number of aryl methyl sites for hydroxylation is 1. The van der Waals surface area contributed by atoms with Crippen molar-refractivity contribution in [2.75, 3.05) is 18.6 Å². The number of carboxylic acid groups (broad SMARTS) is 1. The number of hydrogen-bond acceptors (Lipinski definition) is 4. The summed E-state index contributed by atoms with van der Waals surface area (Å²) in [5.41, 5.74) is 7.37. The van der Waals surface area contributed by atoms with Gasteiger partial charge in [0.1, 0.15) is 6.04 Å². The molecule has 4 rings (SSSR count). The summed E-state index contributed by atoms with van der Waals surface area (Å²) in [5.74, 6) is 0.0254. The van der Waals surface area contributed by atoms with Crippen LogP contribution in [0.5, 0.6) is 0 Å². The zero-order valence-electron chi connectivity index (χ0n) is 26.1. The van der Waals surface area contributed by atoms with Gasteiger partial charge in [-0.05, 0) is 103 Å². The summed E-state index contributed by atoms with van der Waals surface area (Å²) in [6.45, 7) is 6.93. The Labute approximate surface area is 262 Å². The number of aliphatic carboxylic acids is 1. The maximum Gasteiger partial charge on any atom is 0.326 e. The summed E-state index contributed by atoms with van der Waals surface area (Å²) < 4.78 is 0. The van der Waals surface area contributed by atoms with Crippen LogP contribution in [0.3, 0.4) is 0 Å². The van der Waals surface area contributed by atoms with Crippen molar-refractivity contribution in [1.82, 2.24) is 10.2 Å². The monoisotopic (exact) mass is 600 g/mol. The predicted molar refractivity (Wildman–Crippen MR) is 180 cm³/mol. The standard InChI is InChI=1S/C37H48N2O3S/c1-4-5-22-39(25-28-15-18-31(19-16-28)30-12-7-6-8-13-30)26-29-17-20-33(34(24-29)32-14-10-9-11-27(32)2)36(40)38-35(37(41)42)21-23-43-3/h9-11,14-20,24,30,35H,4-8,12-13,21-23,25-26H2,1-3H3,(H,38,40)(H,41,42). The lowest BCUT2D eigenvalue weighted by Crippen LogP contribution is -2.41. The maximum atomic E-state index is 13.5. The molecule has 3 aromatic rings. The van der Waals surface area contributed by atoms with Crippen molar-refractivity contribution in [3.8, 4) is 11.1 Å². The smallest absolute Gasteiger partial charge is 0.326 e. The molecule has 0 heterocycles. The molecule has 1 aliphatic rings. The molecule has 5 nitrogen and oxygen atoms in total. The second kappa shape index (κ2) is 16.7. The molecule has 0 radical (unpaired) electrons. The molecule has 1 atom stereocenters. The van der Waals surface area contributed by atoms with Crippen LogP contribution in [0, 0.1) is 6.92 Å². The number of nitrogens with zero attached hydrogens (tertiary/aromatic N) is 1. The van der Waals surface area contributed by atoms with Crippen molar-refractivity contribution in [2.24, 2.45) is 0 Å². The fourth-order valence-electron chi connectivity index (χ4n) is 6.16. The lowest BCUT2D eigenvalue weighted by atomic mass is 9.84. The molecule has 0 saturated heterocycles. The first kappa shape index (κ1) is 32.8. The molecule has 2 N–H and O–H groups in total. The molecule has 1 amide bonds. The Kier molecular flexibility index (Phi) is 12.7. The fraction of sp³-hybridized carbons (Fsp3) is 0.459. The van der Waals surface area contributed by atoms with Crippen LogP contribution in [-0.2, 0) is 17.9 Å². The van der Waals surface area contributed by atoms with Gasteiger partial charge < -0.3 is 10.4 Å². The third kappa shape index (κ3) is 9.45. The summed E-state index contributed by atoms with van der Waals surface area (Å²) in [7, 11) is 0. The van der Waals surface area contributed by atoms with Crippen molar-refractivity contribution >= 4 is 23.6 Å². The Morgan fingerprint density at radius 3 is 2.33 bits per heavy atom. The SMILES string of the molecule is CCCCN(Cc1ccc(C2CCCCC2)cc1)Cc1ccc(C(=O)NC(CCSC)C(=O)O)c(-c2ccccc2C)c1. The Hall–Kier alpha value is -3.09. The van der Waals surface area contributed by atoms with E-state index >= 15 is 0 Å². The zero-order chi connectivity index (χ0) is 30.6. The van der Waals surface area contributed by atoms with Gasteiger partial charge in [0.2, 0.25) is 0 Å². The highest BCUT2D eigenvalue weighted by atomic mass is 32.2. The highest BCUT2D eigenvalue weighted by Crippen LogP contribution is 2.33. The number of carboxylic acids is 1. The minimum absolute atomic E-state index is 0.348. The third-order valence-electron chi connectivity index (χ3n) is 8.67. The van der Waals surface area contributed by atoms with Gasteiger partial charge in [0, 0.05) is 18.7 Å². The molecule has 0 aliphatic heterocycles. The van der Waals surface area contributed by atoms with Gasteiger partial charge in [-0.15, -0.1) is 0 Å². The maximum absolute atomic E-state index is 13.5. The van der Waals surface area contributed by atoms with Crippen LogP contribution in [0.4, 0.5) is 0 Å². The van der Waals surface area contributed by atoms with Crippen molar-refractivity contribution in [2.45, 2.75) is 90.3 Å². The number of carbonyl (C=O) groups excluding carboxylic acids is 1. The quantitative estimate of drug-likeness (QED) is 0.183. The van der Waals surface area contributed by atoms with Gasteiger partial charge in [0.25, 0.3) is 5.91 Å². The topological polar surface area (TPSA) is 69.6 Å². The summed E-state index contributed by atoms with van der Waals surface area (Å²) in [4.78, 5) is 27.9. The Morgan fingerprint density at radius 2 is 1.65 bits per heavy atom. The van der Waals surface area contributed by atoms with Crippen LogP contribution >= 0.6 is 11.8 Å². The van der Waals surface area contributed by atoms with Gasteiger partial charge in [0.15, 0.2) is 0 Å². The van der Waals surface area contributed by atoms with E-state index in [1.807, 2.05) is 49.6 Å². The minimum atomic E-state index is -1.00. The molecule has 0 bridgehead atoms. The summed E-state index contributed by atoms with van der Waals surface area (Å²) >= 11 is 1.57. The van der Waals surface area contributed by atoms with E-state index in [4.69, 9.17) is 0 Å². The zero-order valence-corrected chi connectivity index (χ0v) is 26.9. The molecule has 230 valence electrons. The average Bonchev–Trinajstić information content (AvgIpc) is 3.02. The van der Waals surface area contributed by atoms with Crippen LogP contribution < -0.4 is 5.32 Å². The van der Waals surface area contributed by atoms with E-state index in [1.54, 1.807) is 11.8 Å². The molecule has 0 aromatic heterocycles. The molecule has 3 aromatic carbocycles. The minimum Gasteiger partial charge on any atom is -0.480 e. The number of rotatable bonds is 15. The van der Waals surface area contributed by atoms with Crippen molar-refractivity contribution in [3.63, 3.8) is 0 Å². The predicted octanol–water partition coefficient (Wildman–Crippen LogP) is 8.45. The highest BCUT2D eigenvalue weighted by molar-refractivity contribution is 7.98. The number of unbranched alkanes of at least 4 members (excludes halogenated alkanes) is 1. The molecule has 6 heteroatoms. The van der Waals surface area contributed by atoms with Gasteiger partial charge in [-0.1, -0.05) is 87.2 Å². The Bertz CT molecular complexity index is 1330. The summed E-state index contributed by atoms with van der Waals surface area (Å²) in [6.07, 6.45) is 11.3. The molecule has 43 heavy (non-hydrogen) atoms. The van der Waals surface area contributed by atoms with Crippen molar-refractivity contribution < 1.29 is 14.7 Å². The number of benzene rings is 3. The molecule has 0 spiro atoms. The van der Waals surface area contributed by atoms with Gasteiger partial charge in [-0.3, -0.25) is 9.69 Å². The molecule has 1 aliphatic carbocycles. The van der Waals surface area contributed by atoms with Crippen LogP contribution in [0.1, 0.15) is 96.8 Å². The first-order valence-electron chi connectivity index (χ1n) is 15.9. The lowest BCUT2D eigenvalue weighted by Gasteiger charge is -2.25. The van der Waals surface area contributed by atoms with Crippen LogP contribution in [0.25, 0.3) is 11.1 Å². The summed E-state index contributed by atoms with van der Waals surface area (Å²) in [6, 6.07) is 22.5. The average molecular weight is 601 g/mol. The van der Waals surface area contributed by atoms with Crippen LogP contribution in [0.2, 0.25) is 0 Å². The van der Waals surface area contributed by atoms with E-state index in [9.17, 15) is 14.7 Å². The molecular weight excluding hydrogens is 552 g/mol. The number of carbonyl (C=O) groups is 2. The van der Waals surface area contributed by atoms with Crippen molar-refractivity contribution in [3.05, 3.63) is 94.5 Å². The lowest BCUT2D eigenvalue weighted by molar-refractivity contribution is -0.139. The highest BCUT2D eigenvalue weighted by Gasteiger charge is 2.23. The second-order valence-electron chi connectivity index (χ2n) is 12.0. The first-order chi connectivity index (χ1) is 20.9. The van der Waals surface area contributed by atoms with Gasteiger partial charge >= 0.3 is 5.97 Å². The third-order valence-corrected chi connectivity index (χ3v) is 9.32. The molecule has 1 unspecified atom stereocenters. The van der Waals surface area contributed by atoms with Crippen molar-refractivity contribution in [1.29, 1.82) is 0 Å². The van der Waals surface area contributed by atoms with Crippen LogP contribution in [-0.4, -0.2) is 46.5 Å². The van der Waals surface area contributed by atoms with E-state index in [1.165, 1.54) is 43.2 Å². The normalized spacial score (nSPS) is 14.5. The van der Waals surface area contributed by atoms with E-state index < -0.39 is 12.0 Å². The number of thioether (sulfide) groups is 1. The van der Waals surface area contributed by atoms with E-state index in [0.717, 1.165) is 54.7 Å². The first-order valence-corrected chi connectivity index (χ1v) is 17.3. The Morgan fingerprint density at radius 1 is 0.953 bits per heavy atom.